The minimum atomic E-state index is 0.829. The molecule has 1 aliphatic rings. The Morgan fingerprint density at radius 2 is 1.39 bits per heavy atom. The van der Waals surface area contributed by atoms with Gasteiger partial charge in [0, 0.05) is 10.8 Å². The van der Waals surface area contributed by atoms with Gasteiger partial charge in [0.15, 0.2) is 23.0 Å². The van der Waals surface area contributed by atoms with E-state index in [1.54, 1.807) is 11.3 Å². The first kappa shape index (κ1) is 16.4. The number of fused-ring (bicyclic) bond motifs is 2. The van der Waals surface area contributed by atoms with Crippen molar-refractivity contribution < 1.29 is 9.47 Å². The molecule has 0 fully saturated rings. The maximum absolute atomic E-state index is 5.93. The number of hydrogen-bond donors (Lipinski definition) is 0. The molecule has 2 heterocycles. The summed E-state index contributed by atoms with van der Waals surface area (Å²) in [4.78, 5) is 0. The highest BCUT2D eigenvalue weighted by Gasteiger charge is 2.19. The first-order chi connectivity index (χ1) is 11.4. The Labute approximate surface area is 143 Å². The fourth-order valence-corrected chi connectivity index (χ4v) is 3.64. The molecule has 23 heavy (non-hydrogen) atoms. The summed E-state index contributed by atoms with van der Waals surface area (Å²) < 4.78 is 11.8. The van der Waals surface area contributed by atoms with Crippen molar-refractivity contribution in [1.82, 2.24) is 0 Å². The van der Waals surface area contributed by atoms with Crippen LogP contribution in [0.25, 0.3) is 0 Å². The van der Waals surface area contributed by atoms with E-state index < -0.39 is 0 Å². The van der Waals surface area contributed by atoms with E-state index in [1.807, 2.05) is 16.8 Å². The minimum Gasteiger partial charge on any atom is -0.449 e. The fraction of sp³-hybridized carbons (Fsp3) is 0.500. The highest BCUT2D eigenvalue weighted by Crippen LogP contribution is 2.47. The third kappa shape index (κ3) is 4.51. The second kappa shape index (κ2) is 8.39. The van der Waals surface area contributed by atoms with Crippen molar-refractivity contribution in [2.75, 3.05) is 0 Å². The Kier molecular flexibility index (Phi) is 5.98. The molecule has 0 aliphatic carbocycles. The topological polar surface area (TPSA) is 18.5 Å². The molecule has 0 bridgehead atoms. The van der Waals surface area contributed by atoms with E-state index in [9.17, 15) is 0 Å². The molecule has 0 atom stereocenters. The summed E-state index contributed by atoms with van der Waals surface area (Å²) >= 11 is 1.61. The molecule has 3 heteroatoms. The van der Waals surface area contributed by atoms with Crippen molar-refractivity contribution in [2.24, 2.45) is 0 Å². The highest BCUT2D eigenvalue weighted by molar-refractivity contribution is 7.08. The molecule has 2 nitrogen and oxygen atoms in total. The Morgan fingerprint density at radius 3 is 2.13 bits per heavy atom. The van der Waals surface area contributed by atoms with E-state index in [1.165, 1.54) is 56.9 Å². The zero-order valence-corrected chi connectivity index (χ0v) is 14.8. The monoisotopic (exact) mass is 330 g/mol. The van der Waals surface area contributed by atoms with Gasteiger partial charge < -0.3 is 9.47 Å². The molecule has 1 aliphatic heterocycles. The van der Waals surface area contributed by atoms with Crippen molar-refractivity contribution in [2.45, 2.75) is 64.7 Å². The summed E-state index contributed by atoms with van der Waals surface area (Å²) in [6, 6.07) is 6.34. The van der Waals surface area contributed by atoms with E-state index in [-0.39, 0.29) is 0 Å². The molecule has 0 unspecified atom stereocenters. The molecule has 0 radical (unpaired) electrons. The predicted molar refractivity (Wildman–Crippen MR) is 97.2 cm³/mol. The molecule has 3 rings (SSSR count). The second-order valence-corrected chi connectivity index (χ2v) is 7.05. The lowest BCUT2D eigenvalue weighted by Crippen LogP contribution is -1.97. The standard InChI is InChI=1S/C20H26O2S/c1-2-3-4-5-6-7-8-9-10-16-11-12-17-18(13-16)22-20-15-23-14-19(20)21-17/h11-15H,2-10H2,1H3. The van der Waals surface area contributed by atoms with Gasteiger partial charge in [-0.3, -0.25) is 0 Å². The number of ether oxygens (including phenoxy) is 2. The van der Waals surface area contributed by atoms with E-state index in [2.05, 4.69) is 19.1 Å². The summed E-state index contributed by atoms with van der Waals surface area (Å²) in [6.45, 7) is 2.27. The zero-order chi connectivity index (χ0) is 15.9. The van der Waals surface area contributed by atoms with Crippen LogP contribution in [0.2, 0.25) is 0 Å². The van der Waals surface area contributed by atoms with Crippen molar-refractivity contribution in [3.63, 3.8) is 0 Å². The normalized spacial score (nSPS) is 12.2. The number of thiophene rings is 1. The Morgan fingerprint density at radius 1 is 0.739 bits per heavy atom. The Balaban J connectivity index is 1.41. The summed E-state index contributed by atoms with van der Waals surface area (Å²) in [5.74, 6) is 3.36. The summed E-state index contributed by atoms with van der Waals surface area (Å²) in [5.41, 5.74) is 1.34. The number of aryl methyl sites for hydroxylation is 1. The third-order valence-electron chi connectivity index (χ3n) is 4.36. The van der Waals surface area contributed by atoms with Crippen LogP contribution in [0, 0.1) is 0 Å². The van der Waals surface area contributed by atoms with Gasteiger partial charge in [0.25, 0.3) is 0 Å². The van der Waals surface area contributed by atoms with Gasteiger partial charge in [-0.1, -0.05) is 57.9 Å². The van der Waals surface area contributed by atoms with E-state index in [0.29, 0.717) is 0 Å². The molecule has 1 aromatic heterocycles. The maximum atomic E-state index is 5.93. The molecule has 1 aromatic carbocycles. The molecule has 0 saturated carbocycles. The lowest BCUT2D eigenvalue weighted by atomic mass is 10.0. The molecule has 0 saturated heterocycles. The Hall–Kier alpha value is -1.48. The lowest BCUT2D eigenvalue weighted by Gasteiger charge is -2.18. The van der Waals surface area contributed by atoms with Crippen LogP contribution in [0.5, 0.6) is 23.0 Å². The van der Waals surface area contributed by atoms with Gasteiger partial charge in [-0.25, -0.2) is 0 Å². The van der Waals surface area contributed by atoms with Gasteiger partial charge in [-0.15, -0.1) is 11.3 Å². The van der Waals surface area contributed by atoms with E-state index >= 15 is 0 Å². The van der Waals surface area contributed by atoms with Crippen LogP contribution in [0.1, 0.15) is 63.9 Å². The molecule has 0 N–H and O–H groups in total. The number of hydrogen-bond acceptors (Lipinski definition) is 3. The molecular formula is C20H26O2S. The summed E-state index contributed by atoms with van der Waals surface area (Å²) in [7, 11) is 0. The van der Waals surface area contributed by atoms with E-state index in [4.69, 9.17) is 9.47 Å². The van der Waals surface area contributed by atoms with Crippen molar-refractivity contribution in [3.05, 3.63) is 34.5 Å². The van der Waals surface area contributed by atoms with E-state index in [0.717, 1.165) is 29.4 Å². The fourth-order valence-electron chi connectivity index (χ4n) is 2.99. The van der Waals surface area contributed by atoms with Gasteiger partial charge in [-0.2, -0.15) is 0 Å². The van der Waals surface area contributed by atoms with Crippen LogP contribution in [-0.4, -0.2) is 0 Å². The van der Waals surface area contributed by atoms with Gasteiger partial charge in [-0.05, 0) is 30.5 Å². The summed E-state index contributed by atoms with van der Waals surface area (Å²) in [6.07, 6.45) is 12.0. The van der Waals surface area contributed by atoms with Crippen LogP contribution < -0.4 is 9.47 Å². The van der Waals surface area contributed by atoms with Gasteiger partial charge in [0.05, 0.1) is 0 Å². The quantitative estimate of drug-likeness (QED) is 0.382. The lowest BCUT2D eigenvalue weighted by molar-refractivity contribution is 0.362. The molecule has 0 amide bonds. The molecule has 2 aromatic rings. The predicted octanol–water partition coefficient (Wildman–Crippen LogP) is 7.33. The first-order valence-corrected chi connectivity index (χ1v) is 9.86. The van der Waals surface area contributed by atoms with Gasteiger partial charge >= 0.3 is 0 Å². The first-order valence-electron chi connectivity index (χ1n) is 8.91. The highest BCUT2D eigenvalue weighted by atomic mass is 32.1. The van der Waals surface area contributed by atoms with Crippen LogP contribution in [0.3, 0.4) is 0 Å². The third-order valence-corrected chi connectivity index (χ3v) is 5.06. The van der Waals surface area contributed by atoms with Crippen LogP contribution >= 0.6 is 11.3 Å². The van der Waals surface area contributed by atoms with Crippen molar-refractivity contribution in [1.29, 1.82) is 0 Å². The smallest absolute Gasteiger partial charge is 0.180 e. The average Bonchev–Trinajstić information content (AvgIpc) is 3.02. The SMILES string of the molecule is CCCCCCCCCCc1ccc2c(c1)Oc1cscc1O2. The van der Waals surface area contributed by atoms with Crippen LogP contribution in [0.4, 0.5) is 0 Å². The van der Waals surface area contributed by atoms with Crippen molar-refractivity contribution >= 4 is 11.3 Å². The van der Waals surface area contributed by atoms with Gasteiger partial charge in [0.2, 0.25) is 0 Å². The number of unbranched alkanes of at least 4 members (excludes halogenated alkanes) is 7. The Bertz CT molecular complexity index is 618. The molecular weight excluding hydrogens is 304 g/mol. The molecule has 124 valence electrons. The maximum Gasteiger partial charge on any atom is 0.180 e. The van der Waals surface area contributed by atoms with Crippen LogP contribution in [-0.2, 0) is 6.42 Å². The minimum absolute atomic E-state index is 0.829. The van der Waals surface area contributed by atoms with Crippen molar-refractivity contribution in [3.8, 4) is 23.0 Å². The average molecular weight is 330 g/mol. The molecule has 0 spiro atoms. The van der Waals surface area contributed by atoms with Gasteiger partial charge in [0.1, 0.15) is 0 Å². The largest absolute Gasteiger partial charge is 0.449 e. The zero-order valence-electron chi connectivity index (χ0n) is 14.0. The number of benzene rings is 1. The summed E-state index contributed by atoms with van der Waals surface area (Å²) in [5, 5.41) is 3.97. The number of rotatable bonds is 9. The van der Waals surface area contributed by atoms with Crippen LogP contribution in [0.15, 0.2) is 29.0 Å². The second-order valence-electron chi connectivity index (χ2n) is 6.31.